The van der Waals surface area contributed by atoms with Crippen LogP contribution in [0.15, 0.2) is 89.8 Å². The van der Waals surface area contributed by atoms with Crippen molar-refractivity contribution in [2.75, 3.05) is 18.8 Å². The van der Waals surface area contributed by atoms with Gasteiger partial charge in [0.15, 0.2) is 15.6 Å². The Hall–Kier alpha value is -3.29. The first-order valence-electron chi connectivity index (χ1n) is 10.6. The number of hydrogen-bond acceptors (Lipinski definition) is 6. The molecule has 172 valence electrons. The summed E-state index contributed by atoms with van der Waals surface area (Å²) >= 11 is 0. The number of carbonyl (C=O) groups excluding carboxylic acids is 2. The van der Waals surface area contributed by atoms with E-state index < -0.39 is 21.7 Å². The average Bonchev–Trinajstić information content (AvgIpc) is 2.83. The fourth-order valence-corrected chi connectivity index (χ4v) is 4.85. The maximum Gasteiger partial charge on any atom is 0.320 e. The maximum absolute atomic E-state index is 13.1. The normalized spacial score (nSPS) is 12.2. The van der Waals surface area contributed by atoms with Crippen molar-refractivity contribution in [3.63, 3.8) is 0 Å². The van der Waals surface area contributed by atoms with Gasteiger partial charge in [0.25, 0.3) is 0 Å². The second-order valence-corrected chi connectivity index (χ2v) is 9.83. The zero-order valence-corrected chi connectivity index (χ0v) is 19.3. The van der Waals surface area contributed by atoms with E-state index in [-0.39, 0.29) is 36.1 Å². The summed E-state index contributed by atoms with van der Waals surface area (Å²) in [5.74, 6) is -2.00. The highest BCUT2D eigenvalue weighted by Crippen LogP contribution is 2.18. The van der Waals surface area contributed by atoms with Gasteiger partial charge in [0.2, 0.25) is 0 Å². The summed E-state index contributed by atoms with van der Waals surface area (Å²) in [7, 11) is -3.70. The lowest BCUT2D eigenvalue weighted by Gasteiger charge is -2.17. The van der Waals surface area contributed by atoms with E-state index in [4.69, 9.17) is 4.74 Å². The van der Waals surface area contributed by atoms with Crippen molar-refractivity contribution in [2.24, 2.45) is 5.92 Å². The van der Waals surface area contributed by atoms with Crippen LogP contribution < -0.4 is 5.32 Å². The maximum atomic E-state index is 13.1. The van der Waals surface area contributed by atoms with E-state index in [1.165, 1.54) is 0 Å². The van der Waals surface area contributed by atoms with E-state index >= 15 is 0 Å². The molecule has 0 bridgehead atoms. The van der Waals surface area contributed by atoms with Crippen LogP contribution in [0.2, 0.25) is 0 Å². The molecule has 3 aromatic carbocycles. The number of sulfone groups is 1. The molecular weight excluding hydrogens is 438 g/mol. The molecule has 0 heterocycles. The number of rotatable bonds is 11. The number of aryl methyl sites for hydroxylation is 1. The van der Waals surface area contributed by atoms with Gasteiger partial charge in [-0.25, -0.2) is 8.42 Å². The van der Waals surface area contributed by atoms with Gasteiger partial charge in [0, 0.05) is 18.0 Å². The minimum absolute atomic E-state index is 0.0270. The lowest BCUT2D eigenvalue weighted by atomic mass is 9.99. The third kappa shape index (κ3) is 7.37. The van der Waals surface area contributed by atoms with Crippen LogP contribution in [0.25, 0.3) is 0 Å². The van der Waals surface area contributed by atoms with Crippen LogP contribution in [0.4, 0.5) is 0 Å². The number of nitrogens with one attached hydrogen (secondary N) is 1. The molecular formula is C26H27NO5S. The molecule has 0 aliphatic rings. The molecule has 0 fully saturated rings. The Morgan fingerprint density at radius 2 is 1.48 bits per heavy atom. The SMILES string of the molecule is Cc1ccc(S(=O)(=O)CC(CNCC(=O)OCc2ccccc2)C(=O)c2ccccc2)cc1. The molecule has 0 saturated carbocycles. The Morgan fingerprint density at radius 1 is 0.879 bits per heavy atom. The first kappa shape index (κ1) is 24.4. The minimum Gasteiger partial charge on any atom is -0.460 e. The quantitative estimate of drug-likeness (QED) is 0.344. The second kappa shape index (κ2) is 11.5. The zero-order valence-electron chi connectivity index (χ0n) is 18.4. The summed E-state index contributed by atoms with van der Waals surface area (Å²) in [5.41, 5.74) is 2.24. The van der Waals surface area contributed by atoms with E-state index in [9.17, 15) is 18.0 Å². The van der Waals surface area contributed by atoms with Crippen LogP contribution in [0.5, 0.6) is 0 Å². The van der Waals surface area contributed by atoms with Crippen molar-refractivity contribution in [3.05, 3.63) is 102 Å². The number of esters is 1. The van der Waals surface area contributed by atoms with Gasteiger partial charge in [-0.3, -0.25) is 9.59 Å². The minimum atomic E-state index is -3.70. The summed E-state index contributed by atoms with van der Waals surface area (Å²) in [4.78, 5) is 25.3. The lowest BCUT2D eigenvalue weighted by molar-refractivity contribution is -0.143. The number of carbonyl (C=O) groups is 2. The number of ketones is 1. The van der Waals surface area contributed by atoms with Gasteiger partial charge in [-0.05, 0) is 24.6 Å². The van der Waals surface area contributed by atoms with Crippen molar-refractivity contribution >= 4 is 21.6 Å². The number of benzene rings is 3. The van der Waals surface area contributed by atoms with Gasteiger partial charge >= 0.3 is 5.97 Å². The molecule has 6 nitrogen and oxygen atoms in total. The molecule has 33 heavy (non-hydrogen) atoms. The van der Waals surface area contributed by atoms with Gasteiger partial charge in [-0.15, -0.1) is 0 Å². The molecule has 7 heteroatoms. The van der Waals surface area contributed by atoms with Crippen LogP contribution in [0, 0.1) is 12.8 Å². The molecule has 3 aromatic rings. The van der Waals surface area contributed by atoms with Crippen molar-refractivity contribution in [3.8, 4) is 0 Å². The zero-order chi connectivity index (χ0) is 23.7. The molecule has 0 saturated heterocycles. The first-order chi connectivity index (χ1) is 15.8. The first-order valence-corrected chi connectivity index (χ1v) is 12.3. The third-order valence-electron chi connectivity index (χ3n) is 5.13. The number of ether oxygens (including phenoxy) is 1. The van der Waals surface area contributed by atoms with Crippen molar-refractivity contribution in [1.82, 2.24) is 5.32 Å². The topological polar surface area (TPSA) is 89.5 Å². The van der Waals surface area contributed by atoms with Crippen molar-refractivity contribution < 1.29 is 22.7 Å². The molecule has 0 spiro atoms. The van der Waals surface area contributed by atoms with E-state index in [1.54, 1.807) is 54.6 Å². The summed E-state index contributed by atoms with van der Waals surface area (Å²) in [6, 6.07) is 24.4. The van der Waals surface area contributed by atoms with Crippen LogP contribution in [0.1, 0.15) is 21.5 Å². The van der Waals surface area contributed by atoms with Crippen LogP contribution in [0.3, 0.4) is 0 Å². The molecule has 0 radical (unpaired) electrons. The molecule has 1 atom stereocenters. The fraction of sp³-hybridized carbons (Fsp3) is 0.231. The average molecular weight is 466 g/mol. The van der Waals surface area contributed by atoms with Gasteiger partial charge in [-0.1, -0.05) is 78.4 Å². The van der Waals surface area contributed by atoms with Crippen LogP contribution >= 0.6 is 0 Å². The van der Waals surface area contributed by atoms with Gasteiger partial charge in [0.05, 0.1) is 17.2 Å². The summed E-state index contributed by atoms with van der Waals surface area (Å²) < 4.78 is 31.2. The standard InChI is InChI=1S/C26H27NO5S/c1-20-12-14-24(15-13-20)33(30,31)19-23(26(29)22-10-6-3-7-11-22)16-27-17-25(28)32-18-21-8-4-2-5-9-21/h2-15,23,27H,16-19H2,1H3. The highest BCUT2D eigenvalue weighted by Gasteiger charge is 2.27. The predicted molar refractivity (Wildman–Crippen MR) is 127 cm³/mol. The summed E-state index contributed by atoms with van der Waals surface area (Å²) in [5, 5.41) is 2.90. The second-order valence-electron chi connectivity index (χ2n) is 7.80. The predicted octanol–water partition coefficient (Wildman–Crippen LogP) is 3.60. The Morgan fingerprint density at radius 3 is 2.12 bits per heavy atom. The molecule has 1 unspecified atom stereocenters. The molecule has 0 amide bonds. The fourth-order valence-electron chi connectivity index (χ4n) is 3.31. The highest BCUT2D eigenvalue weighted by atomic mass is 32.2. The van der Waals surface area contributed by atoms with E-state index in [0.717, 1.165) is 11.1 Å². The van der Waals surface area contributed by atoms with E-state index in [2.05, 4.69) is 5.32 Å². The Balaban J connectivity index is 1.65. The smallest absolute Gasteiger partial charge is 0.320 e. The Bertz CT molecular complexity index is 1160. The Kier molecular flexibility index (Phi) is 8.52. The van der Waals surface area contributed by atoms with Gasteiger partial charge in [0.1, 0.15) is 6.61 Å². The monoisotopic (exact) mass is 465 g/mol. The molecule has 0 aromatic heterocycles. The lowest BCUT2D eigenvalue weighted by Crippen LogP contribution is -2.36. The molecule has 3 rings (SSSR count). The third-order valence-corrected chi connectivity index (χ3v) is 6.96. The largest absolute Gasteiger partial charge is 0.460 e. The highest BCUT2D eigenvalue weighted by molar-refractivity contribution is 7.91. The van der Waals surface area contributed by atoms with Crippen molar-refractivity contribution in [1.29, 1.82) is 0 Å². The van der Waals surface area contributed by atoms with Gasteiger partial charge in [-0.2, -0.15) is 0 Å². The molecule has 0 aliphatic heterocycles. The van der Waals surface area contributed by atoms with Gasteiger partial charge < -0.3 is 10.1 Å². The van der Waals surface area contributed by atoms with E-state index in [0.29, 0.717) is 5.56 Å². The number of hydrogen-bond donors (Lipinski definition) is 1. The van der Waals surface area contributed by atoms with Crippen LogP contribution in [-0.2, 0) is 26.0 Å². The van der Waals surface area contributed by atoms with Crippen LogP contribution in [-0.4, -0.2) is 39.0 Å². The van der Waals surface area contributed by atoms with Crippen molar-refractivity contribution in [2.45, 2.75) is 18.4 Å². The molecule has 1 N–H and O–H groups in total. The Labute approximate surface area is 194 Å². The van der Waals surface area contributed by atoms with E-state index in [1.807, 2.05) is 37.3 Å². The summed E-state index contributed by atoms with van der Waals surface area (Å²) in [6.45, 7) is 1.92. The summed E-state index contributed by atoms with van der Waals surface area (Å²) in [6.07, 6.45) is 0. The number of Topliss-reactive ketones (excluding diaryl/α,β-unsaturated/α-hetero) is 1. The molecule has 0 aliphatic carbocycles.